The number of fused-ring (bicyclic) bond motifs is 1. The fourth-order valence-electron chi connectivity index (χ4n) is 4.17. The van der Waals surface area contributed by atoms with Crippen molar-refractivity contribution < 1.29 is 10.0 Å². The van der Waals surface area contributed by atoms with Crippen molar-refractivity contribution in [1.82, 2.24) is 14.6 Å². The molecule has 0 bridgehead atoms. The number of nitrogens with zero attached hydrogens (tertiary/aromatic N) is 3. The maximum atomic E-state index is 10.9. The minimum Gasteiger partial charge on any atom is -0.492 e. The van der Waals surface area contributed by atoms with E-state index >= 15 is 0 Å². The normalized spacial score (nSPS) is 25.5. The molecule has 4 rings (SSSR count). The first-order valence-corrected chi connectivity index (χ1v) is 10.7. The Balaban J connectivity index is 1.78. The highest BCUT2D eigenvalue weighted by Gasteiger charge is 2.37. The maximum absolute atomic E-state index is 10.9. The molecule has 2 N–H and O–H groups in total. The summed E-state index contributed by atoms with van der Waals surface area (Å²) >= 11 is 3.36. The zero-order valence-electron chi connectivity index (χ0n) is 14.9. The number of piperidine rings is 1. The van der Waals surface area contributed by atoms with E-state index in [0.717, 1.165) is 35.2 Å². The van der Waals surface area contributed by atoms with Crippen LogP contribution in [-0.4, -0.2) is 32.8 Å². The summed E-state index contributed by atoms with van der Waals surface area (Å²) in [5.74, 6) is 2.46. The second-order valence-corrected chi connectivity index (χ2v) is 9.32. The van der Waals surface area contributed by atoms with E-state index in [4.69, 9.17) is 0 Å². The average molecular weight is 378 g/mol. The van der Waals surface area contributed by atoms with Gasteiger partial charge in [-0.1, -0.05) is 38.2 Å². The fourth-order valence-corrected chi connectivity index (χ4v) is 6.28. The quantitative estimate of drug-likeness (QED) is 0.735. The molecule has 0 spiro atoms. The molecule has 1 saturated heterocycles. The van der Waals surface area contributed by atoms with Crippen LogP contribution in [0.4, 0.5) is 0 Å². The van der Waals surface area contributed by atoms with Gasteiger partial charge in [0.1, 0.15) is 4.88 Å². The zero-order valence-corrected chi connectivity index (χ0v) is 16.5. The lowest BCUT2D eigenvalue weighted by molar-refractivity contribution is -0.936. The van der Waals surface area contributed by atoms with Gasteiger partial charge in [-0.2, -0.15) is 4.52 Å². The monoisotopic (exact) mass is 377 g/mol. The smallest absolute Gasteiger partial charge is 0.235 e. The van der Waals surface area contributed by atoms with E-state index in [9.17, 15) is 5.11 Å². The summed E-state index contributed by atoms with van der Waals surface area (Å²) in [4.78, 5) is 9.20. The largest absolute Gasteiger partial charge is 0.492 e. The minimum absolute atomic E-state index is 0.170. The average Bonchev–Trinajstić information content (AvgIpc) is 3.27. The molecule has 0 radical (unpaired) electrons. The van der Waals surface area contributed by atoms with Crippen molar-refractivity contribution in [2.75, 3.05) is 13.1 Å². The number of aromatic hydroxyl groups is 1. The molecule has 4 atom stereocenters. The molecule has 3 aromatic heterocycles. The van der Waals surface area contributed by atoms with Gasteiger partial charge in [0.25, 0.3) is 0 Å². The molecule has 1 aliphatic rings. The van der Waals surface area contributed by atoms with Gasteiger partial charge in [-0.05, 0) is 17.9 Å². The SMILES string of the molecule is CCc1nc2sc([C@@H](c3cccs3)[NH+]3C[C@H](C)C[C@H](C)C3)c(O)n2n1. The molecule has 0 aromatic carbocycles. The molecule has 0 aliphatic carbocycles. The van der Waals surface area contributed by atoms with Crippen molar-refractivity contribution in [3.63, 3.8) is 0 Å². The second-order valence-electron chi connectivity index (χ2n) is 7.33. The Morgan fingerprint density at radius 3 is 2.72 bits per heavy atom. The summed E-state index contributed by atoms with van der Waals surface area (Å²) in [7, 11) is 0. The molecule has 0 saturated carbocycles. The van der Waals surface area contributed by atoms with Gasteiger partial charge in [0.2, 0.25) is 10.8 Å². The van der Waals surface area contributed by atoms with Crippen LogP contribution in [0.3, 0.4) is 0 Å². The van der Waals surface area contributed by atoms with Crippen molar-refractivity contribution in [3.05, 3.63) is 33.1 Å². The van der Waals surface area contributed by atoms with Crippen molar-refractivity contribution >= 4 is 27.6 Å². The van der Waals surface area contributed by atoms with E-state index in [2.05, 4.69) is 41.4 Å². The standard InChI is InChI=1S/C18H24N4OS2/c1-4-14-19-18-22(20-14)17(23)16(25-18)15(13-6-5-7-24-13)21-9-11(2)8-12(3)10-21/h5-7,11-12,15,23H,4,8-10H2,1-3H3/p+1/t11-,12+,15-/m1/s1. The first-order valence-electron chi connectivity index (χ1n) is 9.02. The van der Waals surface area contributed by atoms with Crippen LogP contribution in [0.15, 0.2) is 17.5 Å². The van der Waals surface area contributed by atoms with Gasteiger partial charge in [0.15, 0.2) is 11.9 Å². The number of rotatable bonds is 4. The number of thiophene rings is 1. The molecule has 3 aromatic rings. The van der Waals surface area contributed by atoms with Crippen LogP contribution >= 0.6 is 22.7 Å². The third-order valence-corrected chi connectivity index (χ3v) is 7.11. The molecular formula is C18H25N4OS2+. The molecule has 5 nitrogen and oxygen atoms in total. The predicted octanol–water partition coefficient (Wildman–Crippen LogP) is 2.77. The number of thiazole rings is 1. The Hall–Kier alpha value is -1.44. The van der Waals surface area contributed by atoms with Crippen molar-refractivity contribution in [2.45, 2.75) is 39.7 Å². The number of likely N-dealkylation sites (tertiary alicyclic amines) is 1. The first-order chi connectivity index (χ1) is 12.1. The van der Waals surface area contributed by atoms with Crippen LogP contribution in [0.1, 0.15) is 48.8 Å². The number of nitrogens with one attached hydrogen (secondary N) is 1. The lowest BCUT2D eigenvalue weighted by Crippen LogP contribution is -3.14. The lowest BCUT2D eigenvalue weighted by atomic mass is 9.90. The number of quaternary nitrogens is 1. The second kappa shape index (κ2) is 6.70. The van der Waals surface area contributed by atoms with Gasteiger partial charge < -0.3 is 10.0 Å². The highest BCUT2D eigenvalue weighted by Crippen LogP contribution is 2.37. The zero-order chi connectivity index (χ0) is 17.6. The van der Waals surface area contributed by atoms with Crippen LogP contribution in [0, 0.1) is 11.8 Å². The van der Waals surface area contributed by atoms with E-state index < -0.39 is 0 Å². The van der Waals surface area contributed by atoms with Crippen molar-refractivity contribution in [2.24, 2.45) is 11.8 Å². The van der Waals surface area contributed by atoms with Gasteiger partial charge in [-0.15, -0.1) is 16.4 Å². The van der Waals surface area contributed by atoms with Crippen LogP contribution in [-0.2, 0) is 6.42 Å². The Morgan fingerprint density at radius 1 is 1.36 bits per heavy atom. The summed E-state index contributed by atoms with van der Waals surface area (Å²) in [6.07, 6.45) is 2.08. The minimum atomic E-state index is 0.170. The summed E-state index contributed by atoms with van der Waals surface area (Å²) < 4.78 is 1.62. The fraction of sp³-hybridized carbons (Fsp3) is 0.556. The van der Waals surface area contributed by atoms with Gasteiger partial charge in [0.05, 0.1) is 18.0 Å². The molecule has 1 unspecified atom stereocenters. The molecule has 7 heteroatoms. The van der Waals surface area contributed by atoms with Crippen molar-refractivity contribution in [3.8, 4) is 5.88 Å². The summed E-state index contributed by atoms with van der Waals surface area (Å²) in [5.41, 5.74) is 0. The number of aryl methyl sites for hydroxylation is 1. The van der Waals surface area contributed by atoms with Crippen LogP contribution in [0.25, 0.3) is 4.96 Å². The van der Waals surface area contributed by atoms with Crippen LogP contribution in [0.5, 0.6) is 5.88 Å². The van der Waals surface area contributed by atoms with E-state index in [1.807, 2.05) is 6.92 Å². The van der Waals surface area contributed by atoms with E-state index in [1.54, 1.807) is 32.1 Å². The molecular weight excluding hydrogens is 352 g/mol. The van der Waals surface area contributed by atoms with E-state index in [-0.39, 0.29) is 11.9 Å². The highest BCUT2D eigenvalue weighted by atomic mass is 32.1. The van der Waals surface area contributed by atoms with Gasteiger partial charge in [-0.3, -0.25) is 0 Å². The van der Waals surface area contributed by atoms with Gasteiger partial charge in [0, 0.05) is 18.3 Å². The first kappa shape index (κ1) is 17.0. The maximum Gasteiger partial charge on any atom is 0.235 e. The lowest BCUT2D eigenvalue weighted by Gasteiger charge is -2.36. The molecule has 134 valence electrons. The number of hydrogen-bond acceptors (Lipinski definition) is 5. The third-order valence-electron chi connectivity index (χ3n) is 5.08. The van der Waals surface area contributed by atoms with Crippen LogP contribution < -0.4 is 4.90 Å². The molecule has 1 aliphatic heterocycles. The summed E-state index contributed by atoms with van der Waals surface area (Å²) in [6.45, 7) is 9.00. The Morgan fingerprint density at radius 2 is 2.12 bits per heavy atom. The Kier molecular flexibility index (Phi) is 4.56. The number of hydrogen-bond donors (Lipinski definition) is 2. The van der Waals surface area contributed by atoms with Crippen LogP contribution in [0.2, 0.25) is 0 Å². The molecule has 1 fully saturated rings. The molecule has 4 heterocycles. The van der Waals surface area contributed by atoms with E-state index in [0.29, 0.717) is 11.8 Å². The van der Waals surface area contributed by atoms with E-state index in [1.165, 1.54) is 11.3 Å². The highest BCUT2D eigenvalue weighted by molar-refractivity contribution is 7.17. The summed E-state index contributed by atoms with van der Waals surface area (Å²) in [5, 5.41) is 17.5. The predicted molar refractivity (Wildman–Crippen MR) is 102 cm³/mol. The topological polar surface area (TPSA) is 54.9 Å². The Labute approximate surface area is 155 Å². The Bertz CT molecular complexity index is 844. The molecule has 25 heavy (non-hydrogen) atoms. The number of aromatic nitrogens is 3. The van der Waals surface area contributed by atoms with Gasteiger partial charge >= 0.3 is 0 Å². The van der Waals surface area contributed by atoms with Gasteiger partial charge in [-0.25, -0.2) is 4.98 Å². The molecule has 0 amide bonds. The van der Waals surface area contributed by atoms with Crippen molar-refractivity contribution in [1.29, 1.82) is 0 Å². The third kappa shape index (κ3) is 3.09. The summed E-state index contributed by atoms with van der Waals surface area (Å²) in [6, 6.07) is 4.47.